The van der Waals surface area contributed by atoms with Gasteiger partial charge in [-0.05, 0) is 40.0 Å². The number of nitrogens with two attached hydrogens (primary N) is 1. The highest BCUT2D eigenvalue weighted by atomic mass is 79.9. The van der Waals surface area contributed by atoms with Crippen LogP contribution >= 0.6 is 15.9 Å². The van der Waals surface area contributed by atoms with Gasteiger partial charge in [-0.25, -0.2) is 0 Å². The summed E-state index contributed by atoms with van der Waals surface area (Å²) in [6.07, 6.45) is 0. The van der Waals surface area contributed by atoms with Crippen LogP contribution in [0.5, 0.6) is 0 Å². The molecule has 1 fully saturated rings. The number of nitrogen functional groups attached to an aromatic ring is 1. The van der Waals surface area contributed by atoms with Gasteiger partial charge in [0.05, 0.1) is 18.7 Å². The summed E-state index contributed by atoms with van der Waals surface area (Å²) < 4.78 is 0.724. The maximum absolute atomic E-state index is 12.2. The lowest BCUT2D eigenvalue weighted by molar-refractivity contribution is -0.110. The van der Waals surface area contributed by atoms with Gasteiger partial charge in [-0.15, -0.1) is 0 Å². The van der Waals surface area contributed by atoms with Crippen molar-refractivity contribution in [3.05, 3.63) is 28.2 Å². The molecule has 5 heteroatoms. The van der Waals surface area contributed by atoms with Gasteiger partial charge in [0.25, 0.3) is 5.91 Å². The first-order valence-corrected chi connectivity index (χ1v) is 6.69. The number of aliphatic hydroxyl groups is 1. The van der Waals surface area contributed by atoms with Crippen molar-refractivity contribution in [1.82, 2.24) is 4.90 Å². The molecule has 0 aliphatic carbocycles. The van der Waals surface area contributed by atoms with Crippen LogP contribution in [0.2, 0.25) is 0 Å². The van der Waals surface area contributed by atoms with E-state index >= 15 is 0 Å². The first kappa shape index (κ1) is 13.4. The monoisotopic (exact) mass is 312 g/mol. The largest absolute Gasteiger partial charge is 0.399 e. The fraction of sp³-hybridized carbons (Fsp3) is 0.462. The van der Waals surface area contributed by atoms with Crippen LogP contribution in [0.3, 0.4) is 0 Å². The van der Waals surface area contributed by atoms with Gasteiger partial charge in [0.15, 0.2) is 0 Å². The van der Waals surface area contributed by atoms with Crippen molar-refractivity contribution in [2.24, 2.45) is 5.92 Å². The van der Waals surface area contributed by atoms with Crippen molar-refractivity contribution < 1.29 is 9.90 Å². The van der Waals surface area contributed by atoms with Crippen LogP contribution in [0.25, 0.3) is 0 Å². The molecule has 0 spiro atoms. The van der Waals surface area contributed by atoms with Gasteiger partial charge < -0.3 is 15.7 Å². The number of amides is 1. The van der Waals surface area contributed by atoms with Crippen LogP contribution in [-0.2, 0) is 0 Å². The molecule has 0 bridgehead atoms. The second-order valence-corrected chi connectivity index (χ2v) is 6.01. The Morgan fingerprint density at radius 1 is 1.50 bits per heavy atom. The predicted octanol–water partition coefficient (Wildman–Crippen LogP) is 1.87. The Labute approximate surface area is 115 Å². The minimum Gasteiger partial charge on any atom is -0.399 e. The van der Waals surface area contributed by atoms with Gasteiger partial charge in [-0.1, -0.05) is 13.8 Å². The topological polar surface area (TPSA) is 66.6 Å². The van der Waals surface area contributed by atoms with Crippen molar-refractivity contribution in [2.45, 2.75) is 19.4 Å². The molecule has 1 aliphatic heterocycles. The molecule has 0 radical (unpaired) electrons. The van der Waals surface area contributed by atoms with Gasteiger partial charge in [0.2, 0.25) is 0 Å². The molecule has 0 aromatic heterocycles. The number of β-amino-alcohol motifs (C(OH)–C–C–N with tert-alkyl or cyclic N) is 1. The number of rotatable bonds is 2. The third-order valence-corrected chi connectivity index (χ3v) is 4.20. The number of anilines is 1. The highest BCUT2D eigenvalue weighted by molar-refractivity contribution is 9.10. The van der Waals surface area contributed by atoms with E-state index in [0.717, 1.165) is 4.47 Å². The summed E-state index contributed by atoms with van der Waals surface area (Å²) in [4.78, 5) is 13.9. The summed E-state index contributed by atoms with van der Waals surface area (Å²) in [7, 11) is 0. The van der Waals surface area contributed by atoms with Gasteiger partial charge >= 0.3 is 0 Å². The minimum atomic E-state index is -0.748. The van der Waals surface area contributed by atoms with Crippen molar-refractivity contribution in [3.63, 3.8) is 0 Å². The minimum absolute atomic E-state index is 0.0977. The molecule has 1 heterocycles. The molecular formula is C13H17BrN2O2. The standard InChI is InChI=1S/C13H17BrN2O2/c1-8(2)13(18)6-16(7-13)12(17)10-5-9(15)3-4-11(10)14/h3-5,8,18H,6-7,15H2,1-2H3. The predicted molar refractivity (Wildman–Crippen MR) is 74.2 cm³/mol. The van der Waals surface area contributed by atoms with Gasteiger partial charge in [0.1, 0.15) is 5.60 Å². The zero-order valence-corrected chi connectivity index (χ0v) is 12.1. The lowest BCUT2D eigenvalue weighted by atomic mass is 9.82. The molecule has 0 saturated carbocycles. The number of nitrogens with zero attached hydrogens (tertiary/aromatic N) is 1. The summed E-state index contributed by atoms with van der Waals surface area (Å²) in [5, 5.41) is 10.1. The summed E-state index contributed by atoms with van der Waals surface area (Å²) in [5.74, 6) is 0.0466. The second-order valence-electron chi connectivity index (χ2n) is 5.16. The van der Waals surface area contributed by atoms with E-state index in [1.807, 2.05) is 13.8 Å². The molecule has 18 heavy (non-hydrogen) atoms. The normalized spacial score (nSPS) is 17.7. The quantitative estimate of drug-likeness (QED) is 0.819. The molecular weight excluding hydrogens is 296 g/mol. The van der Waals surface area contributed by atoms with Gasteiger partial charge in [-0.3, -0.25) is 4.79 Å². The van der Waals surface area contributed by atoms with Crippen LogP contribution in [0.15, 0.2) is 22.7 Å². The maximum atomic E-state index is 12.2. The molecule has 3 N–H and O–H groups in total. The Balaban J connectivity index is 2.13. The lowest BCUT2D eigenvalue weighted by Crippen LogP contribution is -2.66. The van der Waals surface area contributed by atoms with E-state index in [1.54, 1.807) is 23.1 Å². The fourth-order valence-electron chi connectivity index (χ4n) is 2.00. The SMILES string of the molecule is CC(C)C1(O)CN(C(=O)c2cc(N)ccc2Br)C1. The van der Waals surface area contributed by atoms with E-state index in [0.29, 0.717) is 24.3 Å². The Kier molecular flexibility index (Phi) is 3.38. The molecule has 2 rings (SSSR count). The summed E-state index contributed by atoms with van der Waals surface area (Å²) in [6.45, 7) is 4.67. The van der Waals surface area contributed by atoms with Crippen molar-refractivity contribution in [1.29, 1.82) is 0 Å². The first-order chi connectivity index (χ1) is 8.33. The van der Waals surface area contributed by atoms with Crippen LogP contribution in [-0.4, -0.2) is 34.6 Å². The molecule has 98 valence electrons. The maximum Gasteiger partial charge on any atom is 0.255 e. The molecule has 1 amide bonds. The number of benzene rings is 1. The van der Waals surface area contributed by atoms with E-state index in [4.69, 9.17) is 5.73 Å². The molecule has 0 atom stereocenters. The summed E-state index contributed by atoms with van der Waals surface area (Å²) in [5.41, 5.74) is 6.04. The van der Waals surface area contributed by atoms with E-state index in [2.05, 4.69) is 15.9 Å². The Morgan fingerprint density at radius 2 is 2.11 bits per heavy atom. The van der Waals surface area contributed by atoms with Gasteiger partial charge in [0, 0.05) is 10.2 Å². The smallest absolute Gasteiger partial charge is 0.255 e. The number of hydrogen-bond acceptors (Lipinski definition) is 3. The molecule has 1 aliphatic rings. The third-order valence-electron chi connectivity index (χ3n) is 3.51. The van der Waals surface area contributed by atoms with Crippen LogP contribution in [0.4, 0.5) is 5.69 Å². The number of likely N-dealkylation sites (tertiary alicyclic amines) is 1. The molecule has 1 aromatic rings. The number of carbonyl (C=O) groups excluding carboxylic acids is 1. The molecule has 1 aromatic carbocycles. The Hall–Kier alpha value is -1.07. The average Bonchev–Trinajstić information content (AvgIpc) is 2.27. The Morgan fingerprint density at radius 3 is 2.67 bits per heavy atom. The highest BCUT2D eigenvalue weighted by Crippen LogP contribution is 2.31. The average molecular weight is 313 g/mol. The molecule has 1 saturated heterocycles. The van der Waals surface area contributed by atoms with Crippen LogP contribution in [0.1, 0.15) is 24.2 Å². The summed E-state index contributed by atoms with van der Waals surface area (Å²) in [6, 6.07) is 5.15. The van der Waals surface area contributed by atoms with Crippen molar-refractivity contribution >= 4 is 27.5 Å². The summed E-state index contributed by atoms with van der Waals surface area (Å²) >= 11 is 3.34. The van der Waals surface area contributed by atoms with E-state index in [1.165, 1.54) is 0 Å². The zero-order valence-electron chi connectivity index (χ0n) is 10.5. The van der Waals surface area contributed by atoms with Crippen molar-refractivity contribution in [3.8, 4) is 0 Å². The van der Waals surface area contributed by atoms with Crippen LogP contribution < -0.4 is 5.73 Å². The first-order valence-electron chi connectivity index (χ1n) is 5.90. The van der Waals surface area contributed by atoms with Gasteiger partial charge in [-0.2, -0.15) is 0 Å². The molecule has 0 unspecified atom stereocenters. The van der Waals surface area contributed by atoms with Crippen molar-refractivity contribution in [2.75, 3.05) is 18.8 Å². The zero-order chi connectivity index (χ0) is 13.5. The third kappa shape index (κ3) is 2.24. The number of carbonyl (C=O) groups is 1. The second kappa shape index (κ2) is 4.55. The van der Waals surface area contributed by atoms with Crippen LogP contribution in [0, 0.1) is 5.92 Å². The van der Waals surface area contributed by atoms with E-state index < -0.39 is 5.60 Å². The number of halogens is 1. The highest BCUT2D eigenvalue weighted by Gasteiger charge is 2.46. The van der Waals surface area contributed by atoms with E-state index in [-0.39, 0.29) is 11.8 Å². The Bertz CT molecular complexity index is 482. The lowest BCUT2D eigenvalue weighted by Gasteiger charge is -2.49. The van der Waals surface area contributed by atoms with E-state index in [9.17, 15) is 9.90 Å². The molecule has 4 nitrogen and oxygen atoms in total. The number of hydrogen-bond donors (Lipinski definition) is 2. The fourth-order valence-corrected chi connectivity index (χ4v) is 2.42.